The van der Waals surface area contributed by atoms with Gasteiger partial charge in [0.15, 0.2) is 0 Å². The van der Waals surface area contributed by atoms with E-state index >= 15 is 0 Å². The van der Waals surface area contributed by atoms with Gasteiger partial charge in [-0.25, -0.2) is 9.78 Å². The predicted molar refractivity (Wildman–Crippen MR) is 145 cm³/mol. The highest BCUT2D eigenvalue weighted by molar-refractivity contribution is 5.94. The number of methoxy groups -OCH3 is 1. The molecule has 1 atom stereocenters. The van der Waals surface area contributed by atoms with Gasteiger partial charge < -0.3 is 20.1 Å². The number of hydrogen-bond acceptors (Lipinski definition) is 6. The Hall–Kier alpha value is -3.43. The maximum absolute atomic E-state index is 14.0. The molecule has 9 nitrogen and oxygen atoms in total. The molecule has 0 aliphatic carbocycles. The molecular weight excluding hydrogens is 468 g/mol. The summed E-state index contributed by atoms with van der Waals surface area (Å²) in [4.78, 5) is 22.5. The van der Waals surface area contributed by atoms with Crippen LogP contribution in [0.5, 0.6) is 5.75 Å². The Morgan fingerprint density at radius 1 is 1.22 bits per heavy atom. The molecule has 0 saturated carbocycles. The lowest BCUT2D eigenvalue weighted by Crippen LogP contribution is -2.50. The molecule has 9 heteroatoms. The maximum Gasteiger partial charge on any atom is 0.326 e. The fraction of sp³-hybridized carbons (Fsp3) is 0.464. The van der Waals surface area contributed by atoms with Crippen LogP contribution in [0, 0.1) is 6.92 Å². The molecule has 0 radical (unpaired) electrons. The van der Waals surface area contributed by atoms with E-state index in [9.17, 15) is 9.90 Å². The standard InChI is InChI=1S/C28H38N6O3/c1-20-24(22-16-30-31-17-22)9-10-25(32-20)33-19-28(12-14-35,11-13-29-27(2,3)4)34(26(33)36)18-21-7-6-8-23(15-21)37-5/h6-10,15-17,29,35H,11-14,18-19H2,1-5H3,(H,30,31). The second-order valence-corrected chi connectivity index (χ2v) is 10.7. The van der Waals surface area contributed by atoms with Crippen molar-refractivity contribution < 1.29 is 14.6 Å². The number of carbonyl (C=O) groups is 1. The van der Waals surface area contributed by atoms with Gasteiger partial charge in [-0.3, -0.25) is 10.00 Å². The number of amides is 2. The lowest BCUT2D eigenvalue weighted by molar-refractivity contribution is 0.109. The van der Waals surface area contributed by atoms with E-state index in [2.05, 4.69) is 36.3 Å². The highest BCUT2D eigenvalue weighted by Gasteiger charge is 2.49. The van der Waals surface area contributed by atoms with Crippen LogP contribution in [-0.4, -0.2) is 69.1 Å². The third-order valence-corrected chi connectivity index (χ3v) is 6.94. The number of aliphatic hydroxyl groups excluding tert-OH is 1. The third-order valence-electron chi connectivity index (χ3n) is 6.94. The Morgan fingerprint density at radius 2 is 2.03 bits per heavy atom. The molecular formula is C28H38N6O3. The number of benzene rings is 1. The molecule has 4 rings (SSSR count). The summed E-state index contributed by atoms with van der Waals surface area (Å²) in [6.45, 7) is 9.87. The normalized spacial score (nSPS) is 18.1. The number of urea groups is 1. The number of aliphatic hydroxyl groups is 1. The molecule has 1 unspecified atom stereocenters. The van der Waals surface area contributed by atoms with Gasteiger partial charge in [-0.05, 0) is 76.9 Å². The number of H-pyrrole nitrogens is 1. The molecule has 1 aliphatic heterocycles. The van der Waals surface area contributed by atoms with Crippen molar-refractivity contribution in [1.29, 1.82) is 0 Å². The van der Waals surface area contributed by atoms with E-state index in [0.717, 1.165) is 28.1 Å². The van der Waals surface area contributed by atoms with Crippen LogP contribution in [0.25, 0.3) is 11.1 Å². The van der Waals surface area contributed by atoms with Crippen molar-refractivity contribution >= 4 is 11.8 Å². The van der Waals surface area contributed by atoms with Crippen LogP contribution in [0.4, 0.5) is 10.6 Å². The fourth-order valence-corrected chi connectivity index (χ4v) is 5.00. The zero-order chi connectivity index (χ0) is 26.6. The molecule has 3 aromatic rings. The number of pyridine rings is 1. The highest BCUT2D eigenvalue weighted by atomic mass is 16.5. The number of nitrogens with zero attached hydrogens (tertiary/aromatic N) is 4. The number of hydrogen-bond donors (Lipinski definition) is 3. The Bertz CT molecular complexity index is 1210. The number of carbonyl (C=O) groups excluding carboxylic acids is 1. The van der Waals surface area contributed by atoms with Crippen LogP contribution in [0.2, 0.25) is 0 Å². The van der Waals surface area contributed by atoms with Gasteiger partial charge in [0.2, 0.25) is 0 Å². The number of anilines is 1. The molecule has 1 aliphatic rings. The number of ether oxygens (including phenoxy) is 1. The Balaban J connectivity index is 1.69. The first-order valence-electron chi connectivity index (χ1n) is 12.7. The molecule has 37 heavy (non-hydrogen) atoms. The van der Waals surface area contributed by atoms with Gasteiger partial charge in [0, 0.05) is 41.7 Å². The third kappa shape index (κ3) is 5.94. The van der Waals surface area contributed by atoms with E-state index in [1.165, 1.54) is 0 Å². The summed E-state index contributed by atoms with van der Waals surface area (Å²) in [7, 11) is 1.64. The summed E-state index contributed by atoms with van der Waals surface area (Å²) in [6, 6.07) is 11.5. The van der Waals surface area contributed by atoms with Gasteiger partial charge in [0.1, 0.15) is 11.6 Å². The van der Waals surface area contributed by atoms with Crippen LogP contribution < -0.4 is 15.0 Å². The number of rotatable bonds is 10. The minimum atomic E-state index is -0.564. The first kappa shape index (κ1) is 26.6. The Morgan fingerprint density at radius 3 is 2.68 bits per heavy atom. The topological polar surface area (TPSA) is 107 Å². The second kappa shape index (κ2) is 10.9. The first-order chi connectivity index (χ1) is 17.7. The van der Waals surface area contributed by atoms with E-state index in [1.807, 2.05) is 54.4 Å². The summed E-state index contributed by atoms with van der Waals surface area (Å²) in [5.74, 6) is 1.35. The number of aryl methyl sites for hydroxylation is 1. The average Bonchev–Trinajstić information content (AvgIpc) is 3.47. The molecule has 2 amide bonds. The summed E-state index contributed by atoms with van der Waals surface area (Å²) in [6.07, 6.45) is 4.75. The average molecular weight is 507 g/mol. The van der Waals surface area contributed by atoms with Crippen molar-refractivity contribution in [3.8, 4) is 16.9 Å². The van der Waals surface area contributed by atoms with Crippen LogP contribution >= 0.6 is 0 Å². The molecule has 3 N–H and O–H groups in total. The van der Waals surface area contributed by atoms with E-state index in [4.69, 9.17) is 9.72 Å². The zero-order valence-corrected chi connectivity index (χ0v) is 22.4. The summed E-state index contributed by atoms with van der Waals surface area (Å²) >= 11 is 0. The quantitative estimate of drug-likeness (QED) is 0.382. The Labute approximate surface area is 218 Å². The molecule has 0 bridgehead atoms. The SMILES string of the molecule is COc1cccc(CN2C(=O)N(c3ccc(-c4cn[nH]c4)c(C)n3)CC2(CCO)CCNC(C)(C)C)c1. The highest BCUT2D eigenvalue weighted by Crippen LogP contribution is 2.37. The summed E-state index contributed by atoms with van der Waals surface area (Å²) < 4.78 is 5.41. The molecule has 198 valence electrons. The van der Waals surface area contributed by atoms with Crippen molar-refractivity contribution in [3.63, 3.8) is 0 Å². The van der Waals surface area contributed by atoms with Gasteiger partial charge in [0.05, 0.1) is 25.4 Å². The minimum absolute atomic E-state index is 0.0167. The van der Waals surface area contributed by atoms with Gasteiger partial charge >= 0.3 is 6.03 Å². The minimum Gasteiger partial charge on any atom is -0.497 e. The number of nitrogens with one attached hydrogen (secondary N) is 2. The number of aromatic amines is 1. The lowest BCUT2D eigenvalue weighted by atomic mass is 9.89. The van der Waals surface area contributed by atoms with Gasteiger partial charge in [-0.1, -0.05) is 12.1 Å². The molecule has 3 heterocycles. The largest absolute Gasteiger partial charge is 0.497 e. The molecule has 1 saturated heterocycles. The van der Waals surface area contributed by atoms with Crippen molar-refractivity contribution in [3.05, 3.63) is 60.0 Å². The summed E-state index contributed by atoms with van der Waals surface area (Å²) in [5, 5.41) is 20.6. The maximum atomic E-state index is 14.0. The fourth-order valence-electron chi connectivity index (χ4n) is 5.00. The molecule has 1 fully saturated rings. The van der Waals surface area contributed by atoms with Crippen molar-refractivity contribution in [2.24, 2.45) is 0 Å². The number of aromatic nitrogens is 3. The molecule has 1 aromatic carbocycles. The molecule has 0 spiro atoms. The second-order valence-electron chi connectivity index (χ2n) is 10.7. The van der Waals surface area contributed by atoms with E-state index < -0.39 is 5.54 Å². The van der Waals surface area contributed by atoms with Gasteiger partial charge in [-0.15, -0.1) is 0 Å². The zero-order valence-electron chi connectivity index (χ0n) is 22.4. The van der Waals surface area contributed by atoms with E-state index in [-0.39, 0.29) is 18.2 Å². The van der Waals surface area contributed by atoms with Gasteiger partial charge in [0.25, 0.3) is 0 Å². The first-order valence-corrected chi connectivity index (χ1v) is 12.7. The smallest absolute Gasteiger partial charge is 0.326 e. The monoisotopic (exact) mass is 506 g/mol. The van der Waals surface area contributed by atoms with Crippen LogP contribution in [0.15, 0.2) is 48.8 Å². The summed E-state index contributed by atoms with van der Waals surface area (Å²) in [5.41, 5.74) is 3.09. The molecule has 2 aromatic heterocycles. The lowest BCUT2D eigenvalue weighted by Gasteiger charge is -2.38. The van der Waals surface area contributed by atoms with Crippen molar-refractivity contribution in [1.82, 2.24) is 25.4 Å². The van der Waals surface area contributed by atoms with Crippen molar-refractivity contribution in [2.45, 2.75) is 58.2 Å². The van der Waals surface area contributed by atoms with Crippen LogP contribution in [0.1, 0.15) is 44.9 Å². The predicted octanol–water partition coefficient (Wildman–Crippen LogP) is 4.13. The van der Waals surface area contributed by atoms with E-state index in [0.29, 0.717) is 38.3 Å². The van der Waals surface area contributed by atoms with E-state index in [1.54, 1.807) is 18.2 Å². The Kier molecular flexibility index (Phi) is 7.85. The van der Waals surface area contributed by atoms with Gasteiger partial charge in [-0.2, -0.15) is 5.10 Å². The van der Waals surface area contributed by atoms with Crippen molar-refractivity contribution in [2.75, 3.05) is 31.7 Å². The van der Waals surface area contributed by atoms with Crippen LogP contribution in [0.3, 0.4) is 0 Å². The van der Waals surface area contributed by atoms with Crippen LogP contribution in [-0.2, 0) is 6.54 Å².